The van der Waals surface area contributed by atoms with Gasteiger partial charge in [-0.3, -0.25) is 4.90 Å². The maximum absolute atomic E-state index is 14.3. The average molecular weight is 331 g/mol. The Kier molecular flexibility index (Phi) is 5.65. The zero-order chi connectivity index (χ0) is 13.9. The molecule has 114 valence electrons. The van der Waals surface area contributed by atoms with Crippen LogP contribution < -0.4 is 5.32 Å². The van der Waals surface area contributed by atoms with Gasteiger partial charge in [-0.25, -0.2) is 4.39 Å². The maximum atomic E-state index is 14.3. The number of piperazine rings is 1. The predicted molar refractivity (Wildman–Crippen MR) is 83.7 cm³/mol. The number of benzene rings is 1. The Bertz CT molecular complexity index is 571. The minimum Gasteiger partial charge on any atom is -0.467 e. The van der Waals surface area contributed by atoms with Crippen molar-refractivity contribution in [3.8, 4) is 0 Å². The molecule has 1 atom stereocenters. The lowest BCUT2D eigenvalue weighted by Crippen LogP contribution is -2.45. The molecule has 2 aromatic rings. The third kappa shape index (κ3) is 3.58. The molecule has 1 saturated heterocycles. The second-order valence-electron chi connectivity index (χ2n) is 4.87. The zero-order valence-corrected chi connectivity index (χ0v) is 13.0. The van der Waals surface area contributed by atoms with E-state index in [0.717, 1.165) is 31.9 Å². The van der Waals surface area contributed by atoms with Crippen molar-refractivity contribution in [2.24, 2.45) is 0 Å². The van der Waals surface area contributed by atoms with Gasteiger partial charge in [0, 0.05) is 36.8 Å². The number of nitrogens with zero attached hydrogens (tertiary/aromatic N) is 1. The van der Waals surface area contributed by atoms with E-state index in [2.05, 4.69) is 10.2 Å². The molecule has 1 N–H and O–H groups in total. The lowest BCUT2D eigenvalue weighted by atomic mass is 10.0. The molecule has 0 radical (unpaired) electrons. The number of nitrogens with one attached hydrogen (secondary N) is 1. The van der Waals surface area contributed by atoms with Crippen LogP contribution in [0.15, 0.2) is 41.0 Å². The van der Waals surface area contributed by atoms with Crippen LogP contribution in [0.25, 0.3) is 0 Å². The Hall–Kier alpha value is -1.07. The van der Waals surface area contributed by atoms with Crippen LogP contribution in [0.1, 0.15) is 17.4 Å². The van der Waals surface area contributed by atoms with Crippen molar-refractivity contribution in [1.82, 2.24) is 10.2 Å². The average Bonchev–Trinajstić information content (AvgIpc) is 2.97. The minimum atomic E-state index is -0.294. The third-order valence-electron chi connectivity index (χ3n) is 3.59. The second kappa shape index (κ2) is 7.27. The summed E-state index contributed by atoms with van der Waals surface area (Å²) in [6.07, 6.45) is 1.62. The minimum absolute atomic E-state index is 0. The lowest BCUT2D eigenvalue weighted by Gasteiger charge is -2.34. The van der Waals surface area contributed by atoms with Crippen molar-refractivity contribution in [1.29, 1.82) is 0 Å². The van der Waals surface area contributed by atoms with Crippen molar-refractivity contribution in [2.75, 3.05) is 26.2 Å². The van der Waals surface area contributed by atoms with Gasteiger partial charge >= 0.3 is 0 Å². The molecule has 0 unspecified atom stereocenters. The van der Waals surface area contributed by atoms with E-state index in [4.69, 9.17) is 16.0 Å². The first-order chi connectivity index (χ1) is 9.75. The first kappa shape index (κ1) is 16.3. The topological polar surface area (TPSA) is 28.4 Å². The van der Waals surface area contributed by atoms with Gasteiger partial charge < -0.3 is 9.73 Å². The largest absolute Gasteiger partial charge is 0.467 e. The summed E-state index contributed by atoms with van der Waals surface area (Å²) in [5.74, 6) is 0.463. The molecular weight excluding hydrogens is 314 g/mol. The van der Waals surface area contributed by atoms with E-state index in [1.165, 1.54) is 6.07 Å². The van der Waals surface area contributed by atoms with Crippen LogP contribution >= 0.6 is 24.0 Å². The quantitative estimate of drug-likeness (QED) is 0.933. The van der Waals surface area contributed by atoms with E-state index in [1.807, 2.05) is 12.1 Å². The summed E-state index contributed by atoms with van der Waals surface area (Å²) in [6.45, 7) is 3.50. The summed E-state index contributed by atoms with van der Waals surface area (Å²) in [7, 11) is 0. The number of halogens is 3. The standard InChI is InChI=1S/C15H16ClFN2O.ClH/c16-11-3-4-12(13(17)10-11)15(14-2-1-9-20-14)19-7-5-18-6-8-19;/h1-4,9-10,15,18H,5-8H2;1H/t15-;/m0./s1. The van der Waals surface area contributed by atoms with Gasteiger partial charge in [0.15, 0.2) is 0 Å². The van der Waals surface area contributed by atoms with Gasteiger partial charge in [-0.2, -0.15) is 0 Å². The molecule has 0 saturated carbocycles. The highest BCUT2D eigenvalue weighted by Gasteiger charge is 2.28. The molecule has 1 fully saturated rings. The normalized spacial score (nSPS) is 17.2. The molecule has 0 bridgehead atoms. The number of hydrogen-bond donors (Lipinski definition) is 1. The number of furan rings is 1. The van der Waals surface area contributed by atoms with Crippen LogP contribution in [-0.2, 0) is 0 Å². The SMILES string of the molecule is Cl.Fc1cc(Cl)ccc1[C@@H](c1ccco1)N1CCNCC1. The van der Waals surface area contributed by atoms with Crippen molar-refractivity contribution in [3.05, 3.63) is 58.8 Å². The summed E-state index contributed by atoms with van der Waals surface area (Å²) in [6, 6.07) is 8.34. The summed E-state index contributed by atoms with van der Waals surface area (Å²) >= 11 is 5.85. The summed E-state index contributed by atoms with van der Waals surface area (Å²) in [4.78, 5) is 2.22. The van der Waals surface area contributed by atoms with E-state index in [0.29, 0.717) is 10.6 Å². The maximum Gasteiger partial charge on any atom is 0.129 e. The van der Waals surface area contributed by atoms with E-state index in [9.17, 15) is 4.39 Å². The third-order valence-corrected chi connectivity index (χ3v) is 3.82. The van der Waals surface area contributed by atoms with E-state index >= 15 is 0 Å². The van der Waals surface area contributed by atoms with Gasteiger partial charge in [0.2, 0.25) is 0 Å². The summed E-state index contributed by atoms with van der Waals surface area (Å²) in [5, 5.41) is 3.71. The van der Waals surface area contributed by atoms with Gasteiger partial charge in [-0.1, -0.05) is 17.7 Å². The van der Waals surface area contributed by atoms with Crippen molar-refractivity contribution < 1.29 is 8.81 Å². The molecular formula is C15H17Cl2FN2O. The van der Waals surface area contributed by atoms with Crippen LogP contribution in [0, 0.1) is 5.82 Å². The summed E-state index contributed by atoms with van der Waals surface area (Å²) < 4.78 is 19.8. The van der Waals surface area contributed by atoms with Crippen LogP contribution in [-0.4, -0.2) is 31.1 Å². The Morgan fingerprint density at radius 3 is 2.62 bits per heavy atom. The molecule has 2 heterocycles. The van der Waals surface area contributed by atoms with Crippen LogP contribution in [0.5, 0.6) is 0 Å². The number of hydrogen-bond acceptors (Lipinski definition) is 3. The Morgan fingerprint density at radius 2 is 2.00 bits per heavy atom. The molecule has 1 aliphatic heterocycles. The molecule has 1 aromatic heterocycles. The van der Waals surface area contributed by atoms with Crippen molar-refractivity contribution >= 4 is 24.0 Å². The first-order valence-electron chi connectivity index (χ1n) is 6.69. The van der Waals surface area contributed by atoms with Gasteiger partial charge in [-0.05, 0) is 24.3 Å². The predicted octanol–water partition coefficient (Wildman–Crippen LogP) is 3.49. The van der Waals surface area contributed by atoms with Gasteiger partial charge in [-0.15, -0.1) is 12.4 Å². The Labute approximate surface area is 134 Å². The molecule has 3 rings (SSSR count). The molecule has 6 heteroatoms. The molecule has 3 nitrogen and oxygen atoms in total. The fraction of sp³-hybridized carbons (Fsp3) is 0.333. The first-order valence-corrected chi connectivity index (χ1v) is 7.06. The van der Waals surface area contributed by atoms with Gasteiger partial charge in [0.05, 0.1) is 12.3 Å². The molecule has 0 aliphatic carbocycles. The van der Waals surface area contributed by atoms with Crippen molar-refractivity contribution in [3.63, 3.8) is 0 Å². The monoisotopic (exact) mass is 330 g/mol. The fourth-order valence-corrected chi connectivity index (χ4v) is 2.80. The number of rotatable bonds is 3. The summed E-state index contributed by atoms with van der Waals surface area (Å²) in [5.41, 5.74) is 0.603. The Morgan fingerprint density at radius 1 is 1.24 bits per heavy atom. The van der Waals surface area contributed by atoms with Gasteiger partial charge in [0.1, 0.15) is 11.6 Å². The van der Waals surface area contributed by atoms with Crippen LogP contribution in [0.2, 0.25) is 5.02 Å². The molecule has 0 amide bonds. The lowest BCUT2D eigenvalue weighted by molar-refractivity contribution is 0.177. The highest BCUT2D eigenvalue weighted by atomic mass is 35.5. The highest BCUT2D eigenvalue weighted by Crippen LogP contribution is 2.32. The zero-order valence-electron chi connectivity index (χ0n) is 11.4. The smallest absolute Gasteiger partial charge is 0.129 e. The van der Waals surface area contributed by atoms with Crippen LogP contribution in [0.3, 0.4) is 0 Å². The molecule has 1 aliphatic rings. The van der Waals surface area contributed by atoms with E-state index in [-0.39, 0.29) is 24.3 Å². The van der Waals surface area contributed by atoms with Gasteiger partial charge in [0.25, 0.3) is 0 Å². The van der Waals surface area contributed by atoms with Crippen LogP contribution in [0.4, 0.5) is 4.39 Å². The molecule has 1 aromatic carbocycles. The highest BCUT2D eigenvalue weighted by molar-refractivity contribution is 6.30. The Balaban J connectivity index is 0.00000161. The fourth-order valence-electron chi connectivity index (χ4n) is 2.64. The van der Waals surface area contributed by atoms with Crippen molar-refractivity contribution in [2.45, 2.75) is 6.04 Å². The molecule has 0 spiro atoms. The molecule has 21 heavy (non-hydrogen) atoms. The van der Waals surface area contributed by atoms with E-state index < -0.39 is 0 Å². The van der Waals surface area contributed by atoms with E-state index in [1.54, 1.807) is 18.4 Å². The second-order valence-corrected chi connectivity index (χ2v) is 5.31.